The lowest BCUT2D eigenvalue weighted by atomic mass is 10.2. The van der Waals surface area contributed by atoms with Crippen molar-refractivity contribution in [2.75, 3.05) is 24.3 Å². The Morgan fingerprint density at radius 3 is 2.87 bits per heavy atom. The first kappa shape index (κ1) is 10.1. The van der Waals surface area contributed by atoms with Gasteiger partial charge in [-0.1, -0.05) is 0 Å². The highest BCUT2D eigenvalue weighted by Crippen LogP contribution is 2.34. The van der Waals surface area contributed by atoms with Crippen LogP contribution < -0.4 is 15.4 Å². The van der Waals surface area contributed by atoms with Crippen molar-refractivity contribution in [3.63, 3.8) is 0 Å². The first-order chi connectivity index (χ1) is 7.22. The van der Waals surface area contributed by atoms with Crippen molar-refractivity contribution in [3.05, 3.63) is 18.2 Å². The van der Waals surface area contributed by atoms with E-state index in [1.807, 2.05) is 12.1 Å². The molecule has 3 heteroatoms. The Bertz CT molecular complexity index is 351. The molecule has 0 unspecified atom stereocenters. The van der Waals surface area contributed by atoms with Crippen molar-refractivity contribution in [2.45, 2.75) is 25.8 Å². The van der Waals surface area contributed by atoms with Crippen LogP contribution in [0.2, 0.25) is 0 Å². The molecule has 15 heavy (non-hydrogen) atoms. The molecule has 1 aromatic rings. The molecule has 1 heterocycles. The number of hydrogen-bond acceptors (Lipinski definition) is 3. The summed E-state index contributed by atoms with van der Waals surface area (Å²) in [6, 6.07) is 6.47. The van der Waals surface area contributed by atoms with Gasteiger partial charge in [-0.15, -0.1) is 0 Å². The smallest absolute Gasteiger partial charge is 0.144 e. The maximum Gasteiger partial charge on any atom is 0.144 e. The van der Waals surface area contributed by atoms with Gasteiger partial charge in [0.15, 0.2) is 0 Å². The number of hydrogen-bond donors (Lipinski definition) is 1. The van der Waals surface area contributed by atoms with Crippen molar-refractivity contribution in [2.24, 2.45) is 0 Å². The van der Waals surface area contributed by atoms with E-state index in [0.717, 1.165) is 23.7 Å². The summed E-state index contributed by atoms with van der Waals surface area (Å²) in [7, 11) is 1.69. The Morgan fingerprint density at radius 2 is 2.27 bits per heavy atom. The van der Waals surface area contributed by atoms with Crippen LogP contribution in [-0.2, 0) is 0 Å². The summed E-state index contributed by atoms with van der Waals surface area (Å²) in [6.45, 7) is 3.37. The van der Waals surface area contributed by atoms with Gasteiger partial charge in [0, 0.05) is 24.3 Å². The van der Waals surface area contributed by atoms with Crippen LogP contribution in [0.25, 0.3) is 0 Å². The molecule has 2 rings (SSSR count). The third-order valence-electron chi connectivity index (χ3n) is 3.07. The number of ether oxygens (including phenoxy) is 1. The Kier molecular flexibility index (Phi) is 2.71. The Hall–Kier alpha value is -1.38. The number of nitrogens with two attached hydrogens (primary N) is 1. The van der Waals surface area contributed by atoms with Crippen LogP contribution in [0.15, 0.2) is 18.2 Å². The molecule has 0 aromatic heterocycles. The molecule has 1 aromatic carbocycles. The molecule has 1 saturated heterocycles. The molecule has 82 valence electrons. The SMILES string of the molecule is COc1cc(N)ccc1N1CCC[C@H]1C. The van der Waals surface area contributed by atoms with Gasteiger partial charge in [0.05, 0.1) is 12.8 Å². The summed E-state index contributed by atoms with van der Waals surface area (Å²) in [5.41, 5.74) is 7.65. The van der Waals surface area contributed by atoms with E-state index in [1.165, 1.54) is 12.8 Å². The first-order valence-electron chi connectivity index (χ1n) is 5.42. The van der Waals surface area contributed by atoms with Crippen LogP contribution in [0.4, 0.5) is 11.4 Å². The Balaban J connectivity index is 2.34. The van der Waals surface area contributed by atoms with Gasteiger partial charge in [-0.05, 0) is 31.9 Å². The second-order valence-corrected chi connectivity index (χ2v) is 4.12. The monoisotopic (exact) mass is 206 g/mol. The topological polar surface area (TPSA) is 38.5 Å². The number of nitrogen functional groups attached to an aromatic ring is 1. The molecule has 0 amide bonds. The van der Waals surface area contributed by atoms with E-state index in [2.05, 4.69) is 17.9 Å². The molecule has 2 N–H and O–H groups in total. The zero-order chi connectivity index (χ0) is 10.8. The van der Waals surface area contributed by atoms with Gasteiger partial charge in [0.1, 0.15) is 5.75 Å². The first-order valence-corrected chi connectivity index (χ1v) is 5.42. The van der Waals surface area contributed by atoms with Crippen LogP contribution in [0, 0.1) is 0 Å². The van der Waals surface area contributed by atoms with Crippen molar-refractivity contribution >= 4 is 11.4 Å². The van der Waals surface area contributed by atoms with Gasteiger partial charge in [-0.2, -0.15) is 0 Å². The minimum atomic E-state index is 0.600. The van der Waals surface area contributed by atoms with Crippen LogP contribution in [0.3, 0.4) is 0 Å². The van der Waals surface area contributed by atoms with Gasteiger partial charge in [0.2, 0.25) is 0 Å². The summed E-state index contributed by atoms with van der Waals surface area (Å²) in [4.78, 5) is 2.39. The molecule has 0 aliphatic carbocycles. The zero-order valence-electron chi connectivity index (χ0n) is 9.36. The lowest BCUT2D eigenvalue weighted by Gasteiger charge is -2.25. The Morgan fingerprint density at radius 1 is 1.47 bits per heavy atom. The molecular weight excluding hydrogens is 188 g/mol. The molecule has 0 bridgehead atoms. The fourth-order valence-electron chi connectivity index (χ4n) is 2.22. The summed E-state index contributed by atoms with van der Waals surface area (Å²) >= 11 is 0. The van der Waals surface area contributed by atoms with Gasteiger partial charge in [-0.3, -0.25) is 0 Å². The van der Waals surface area contributed by atoms with E-state index < -0.39 is 0 Å². The molecule has 3 nitrogen and oxygen atoms in total. The van der Waals surface area contributed by atoms with Crippen LogP contribution in [0.1, 0.15) is 19.8 Å². The van der Waals surface area contributed by atoms with Gasteiger partial charge >= 0.3 is 0 Å². The maximum absolute atomic E-state index is 5.74. The van der Waals surface area contributed by atoms with Crippen molar-refractivity contribution in [3.8, 4) is 5.75 Å². The molecule has 0 saturated carbocycles. The highest BCUT2D eigenvalue weighted by molar-refractivity contribution is 5.64. The van der Waals surface area contributed by atoms with Gasteiger partial charge in [-0.25, -0.2) is 0 Å². The summed E-state index contributed by atoms with van der Waals surface area (Å²) in [5.74, 6) is 0.878. The zero-order valence-corrected chi connectivity index (χ0v) is 9.36. The van der Waals surface area contributed by atoms with E-state index in [4.69, 9.17) is 10.5 Å². The number of methoxy groups -OCH3 is 1. The fourth-order valence-corrected chi connectivity index (χ4v) is 2.22. The van der Waals surface area contributed by atoms with Crippen LogP contribution in [0.5, 0.6) is 5.75 Å². The van der Waals surface area contributed by atoms with Gasteiger partial charge < -0.3 is 15.4 Å². The molecular formula is C12H18N2O. The highest BCUT2D eigenvalue weighted by Gasteiger charge is 2.22. The van der Waals surface area contributed by atoms with E-state index in [-0.39, 0.29) is 0 Å². The quantitative estimate of drug-likeness (QED) is 0.754. The predicted molar refractivity (Wildman–Crippen MR) is 63.4 cm³/mol. The average Bonchev–Trinajstić information content (AvgIpc) is 2.64. The number of anilines is 2. The average molecular weight is 206 g/mol. The van der Waals surface area contributed by atoms with E-state index in [1.54, 1.807) is 7.11 Å². The van der Waals surface area contributed by atoms with E-state index >= 15 is 0 Å². The van der Waals surface area contributed by atoms with Crippen molar-refractivity contribution < 1.29 is 4.74 Å². The van der Waals surface area contributed by atoms with Crippen molar-refractivity contribution in [1.29, 1.82) is 0 Å². The molecule has 0 spiro atoms. The van der Waals surface area contributed by atoms with E-state index in [9.17, 15) is 0 Å². The standard InChI is InChI=1S/C12H18N2O/c1-9-4-3-7-14(9)11-6-5-10(13)8-12(11)15-2/h5-6,8-9H,3-4,7,13H2,1-2H3/t9-/m1/s1. The number of nitrogens with zero attached hydrogens (tertiary/aromatic N) is 1. The maximum atomic E-state index is 5.74. The summed E-state index contributed by atoms with van der Waals surface area (Å²) in [5, 5.41) is 0. The van der Waals surface area contributed by atoms with Crippen LogP contribution in [-0.4, -0.2) is 19.7 Å². The molecule has 1 aliphatic heterocycles. The number of rotatable bonds is 2. The third kappa shape index (κ3) is 1.87. The normalized spacial score (nSPS) is 20.7. The van der Waals surface area contributed by atoms with Crippen molar-refractivity contribution in [1.82, 2.24) is 0 Å². The number of benzene rings is 1. The second-order valence-electron chi connectivity index (χ2n) is 4.12. The lowest BCUT2D eigenvalue weighted by Crippen LogP contribution is -2.26. The minimum Gasteiger partial charge on any atom is -0.495 e. The largest absolute Gasteiger partial charge is 0.495 e. The van der Waals surface area contributed by atoms with E-state index in [0.29, 0.717) is 6.04 Å². The summed E-state index contributed by atoms with van der Waals surface area (Å²) < 4.78 is 5.37. The summed E-state index contributed by atoms with van der Waals surface area (Å²) in [6.07, 6.45) is 2.52. The van der Waals surface area contributed by atoms with Gasteiger partial charge in [0.25, 0.3) is 0 Å². The third-order valence-corrected chi connectivity index (χ3v) is 3.07. The predicted octanol–water partition coefficient (Wildman–Crippen LogP) is 2.27. The minimum absolute atomic E-state index is 0.600. The molecule has 0 radical (unpaired) electrons. The Labute approximate surface area is 90.8 Å². The lowest BCUT2D eigenvalue weighted by molar-refractivity contribution is 0.414. The molecule has 1 fully saturated rings. The molecule has 1 aliphatic rings. The molecule has 1 atom stereocenters. The second kappa shape index (κ2) is 4.01. The van der Waals surface area contributed by atoms with Crippen LogP contribution >= 0.6 is 0 Å². The fraction of sp³-hybridized carbons (Fsp3) is 0.500. The highest BCUT2D eigenvalue weighted by atomic mass is 16.5.